The number of ketones is 1. The number of benzene rings is 2. The molecule has 5 rings (SSSR count). The zero-order valence-corrected chi connectivity index (χ0v) is 19.6. The molecule has 2 heterocycles. The van der Waals surface area contributed by atoms with Crippen LogP contribution in [0.1, 0.15) is 42.5 Å². The van der Waals surface area contributed by atoms with Crippen molar-refractivity contribution in [2.24, 2.45) is 5.92 Å². The first-order valence-corrected chi connectivity index (χ1v) is 11.9. The Bertz CT molecular complexity index is 1370. The molecule has 2 aromatic carbocycles. The zero-order chi connectivity index (χ0) is 24.8. The lowest BCUT2D eigenvalue weighted by Gasteiger charge is -2.31. The molecule has 1 aromatic heterocycles. The van der Waals surface area contributed by atoms with Gasteiger partial charge in [0, 0.05) is 35.0 Å². The Balaban J connectivity index is 1.37. The highest BCUT2D eigenvalue weighted by Crippen LogP contribution is 2.52. The maximum Gasteiger partial charge on any atom is 0.268 e. The van der Waals surface area contributed by atoms with Crippen molar-refractivity contribution < 1.29 is 18.4 Å². The molecule has 1 atom stereocenters. The summed E-state index contributed by atoms with van der Waals surface area (Å²) in [5, 5.41) is 11.0. The predicted octanol–water partition coefficient (Wildman–Crippen LogP) is 6.06. The van der Waals surface area contributed by atoms with Gasteiger partial charge in [-0.3, -0.25) is 14.6 Å². The Morgan fingerprint density at radius 1 is 1.09 bits per heavy atom. The molecule has 3 aromatic rings. The van der Waals surface area contributed by atoms with Gasteiger partial charge in [0.25, 0.3) is 5.92 Å². The summed E-state index contributed by atoms with van der Waals surface area (Å²) in [5.41, 5.74) is 1.39. The number of fused-ring (bicyclic) bond motifs is 1. The average Bonchev–Trinajstić information content (AvgIpc) is 3.66. The fraction of sp³-hybridized carbons (Fsp3) is 0.333. The monoisotopic (exact) mass is 493 g/mol. The van der Waals surface area contributed by atoms with E-state index < -0.39 is 30.3 Å². The van der Waals surface area contributed by atoms with E-state index in [9.17, 15) is 23.6 Å². The van der Waals surface area contributed by atoms with Crippen LogP contribution in [0, 0.1) is 17.2 Å². The van der Waals surface area contributed by atoms with Gasteiger partial charge in [-0.2, -0.15) is 5.26 Å². The molecule has 1 aliphatic carbocycles. The highest BCUT2D eigenvalue weighted by Gasteiger charge is 2.62. The third-order valence-corrected chi connectivity index (χ3v) is 7.18. The minimum absolute atomic E-state index is 0.142. The molecule has 178 valence electrons. The fourth-order valence-corrected chi connectivity index (χ4v) is 5.17. The number of hydrogen-bond donors (Lipinski definition) is 0. The molecule has 2 aliphatic rings. The number of carbonyl (C=O) groups excluding carboxylic acids is 2. The van der Waals surface area contributed by atoms with Gasteiger partial charge >= 0.3 is 0 Å². The van der Waals surface area contributed by atoms with Crippen LogP contribution in [0.3, 0.4) is 0 Å². The van der Waals surface area contributed by atoms with Crippen molar-refractivity contribution >= 4 is 34.2 Å². The highest BCUT2D eigenvalue weighted by atomic mass is 35.5. The van der Waals surface area contributed by atoms with Gasteiger partial charge in [0.05, 0.1) is 24.6 Å². The Morgan fingerprint density at radius 3 is 2.49 bits per heavy atom. The molecule has 0 radical (unpaired) electrons. The third kappa shape index (κ3) is 4.39. The zero-order valence-electron chi connectivity index (χ0n) is 18.8. The number of amides is 1. The van der Waals surface area contributed by atoms with Crippen molar-refractivity contribution in [2.45, 2.75) is 43.6 Å². The van der Waals surface area contributed by atoms with Gasteiger partial charge in [0.1, 0.15) is 5.54 Å². The number of aromatic nitrogens is 1. The first-order chi connectivity index (χ1) is 16.7. The van der Waals surface area contributed by atoms with E-state index in [1.54, 1.807) is 18.2 Å². The highest BCUT2D eigenvalue weighted by molar-refractivity contribution is 6.30. The summed E-state index contributed by atoms with van der Waals surface area (Å²) in [4.78, 5) is 31.5. The maximum atomic E-state index is 14.2. The molecule has 1 saturated carbocycles. The third-order valence-electron chi connectivity index (χ3n) is 6.93. The van der Waals surface area contributed by atoms with Crippen LogP contribution in [0.5, 0.6) is 0 Å². The van der Waals surface area contributed by atoms with Crippen LogP contribution in [0.25, 0.3) is 22.0 Å². The van der Waals surface area contributed by atoms with Gasteiger partial charge in [0.2, 0.25) is 5.91 Å². The SMILES string of the molecule is N#C[C@]1(C2CC2)CC(F)(F)CN1C(=O)CCC(=O)c1ccnc2ccc(-c3ccc(Cl)cc3)cc12. The lowest BCUT2D eigenvalue weighted by molar-refractivity contribution is -0.135. The van der Waals surface area contributed by atoms with Gasteiger partial charge in [0.15, 0.2) is 5.78 Å². The summed E-state index contributed by atoms with van der Waals surface area (Å²) in [6.45, 7) is -0.771. The summed E-state index contributed by atoms with van der Waals surface area (Å²) in [6.07, 6.45) is 1.84. The summed E-state index contributed by atoms with van der Waals surface area (Å²) in [7, 11) is 0. The van der Waals surface area contributed by atoms with Crippen LogP contribution >= 0.6 is 11.6 Å². The molecular weight excluding hydrogens is 472 g/mol. The molecule has 2 fully saturated rings. The van der Waals surface area contributed by atoms with Gasteiger partial charge < -0.3 is 4.90 Å². The summed E-state index contributed by atoms with van der Waals surface area (Å²) < 4.78 is 28.5. The molecular formula is C27H22ClF2N3O2. The van der Waals surface area contributed by atoms with Crippen LogP contribution in [0.15, 0.2) is 54.7 Å². The maximum absolute atomic E-state index is 14.2. The van der Waals surface area contributed by atoms with Crippen molar-refractivity contribution in [3.8, 4) is 17.2 Å². The van der Waals surface area contributed by atoms with Crippen molar-refractivity contribution in [3.05, 3.63) is 65.3 Å². The minimum atomic E-state index is -3.10. The number of nitriles is 1. The van der Waals surface area contributed by atoms with Crippen LogP contribution in [-0.4, -0.2) is 39.6 Å². The van der Waals surface area contributed by atoms with Gasteiger partial charge in [-0.25, -0.2) is 8.78 Å². The van der Waals surface area contributed by atoms with Crippen molar-refractivity contribution in [1.29, 1.82) is 5.26 Å². The normalized spacial score (nSPS) is 21.1. The number of Topliss-reactive ketones (excluding diaryl/α,β-unsaturated/α-hetero) is 1. The van der Waals surface area contributed by atoms with Crippen LogP contribution < -0.4 is 0 Å². The van der Waals surface area contributed by atoms with E-state index >= 15 is 0 Å². The fourth-order valence-electron chi connectivity index (χ4n) is 5.05. The number of pyridine rings is 1. The van der Waals surface area contributed by atoms with E-state index in [0.29, 0.717) is 34.3 Å². The van der Waals surface area contributed by atoms with E-state index in [1.165, 1.54) is 6.20 Å². The number of rotatable bonds is 6. The van der Waals surface area contributed by atoms with Crippen molar-refractivity contribution in [2.75, 3.05) is 6.54 Å². The molecule has 1 saturated heterocycles. The summed E-state index contributed by atoms with van der Waals surface area (Å²) in [5.74, 6) is -4.18. The Labute approximate surface area is 206 Å². The molecule has 1 amide bonds. The molecule has 0 unspecified atom stereocenters. The van der Waals surface area contributed by atoms with Gasteiger partial charge in [-0.15, -0.1) is 0 Å². The standard InChI is InChI=1S/C27H22ClF2N3O2/c28-20-6-1-17(2-7-20)18-3-8-23-22(13-18)21(11-12-32-23)24(34)9-10-25(35)33-16-27(29,30)14-26(33,15-31)19-4-5-19/h1-3,6-8,11-13,19H,4-5,9-10,14,16H2/t26-/m0/s1. The molecule has 0 N–H and O–H groups in total. The summed E-state index contributed by atoms with van der Waals surface area (Å²) in [6, 6.07) is 16.6. The lowest BCUT2D eigenvalue weighted by atomic mass is 9.90. The Kier molecular flexibility index (Phi) is 5.80. The first kappa shape index (κ1) is 23.4. The molecule has 8 heteroatoms. The number of hydrogen-bond acceptors (Lipinski definition) is 4. The van der Waals surface area contributed by atoms with Gasteiger partial charge in [-0.05, 0) is 60.2 Å². The second-order valence-corrected chi connectivity index (χ2v) is 9.78. The van der Waals surface area contributed by atoms with Crippen LogP contribution in [0.2, 0.25) is 5.02 Å². The van der Waals surface area contributed by atoms with E-state index in [4.69, 9.17) is 11.6 Å². The van der Waals surface area contributed by atoms with Gasteiger partial charge in [-0.1, -0.05) is 29.8 Å². The quantitative estimate of drug-likeness (QED) is 0.391. The van der Waals surface area contributed by atoms with Crippen molar-refractivity contribution in [3.63, 3.8) is 0 Å². The van der Waals surface area contributed by atoms with E-state index in [2.05, 4.69) is 4.98 Å². The first-order valence-electron chi connectivity index (χ1n) is 11.5. The molecule has 5 nitrogen and oxygen atoms in total. The smallest absolute Gasteiger partial charge is 0.268 e. The average molecular weight is 494 g/mol. The predicted molar refractivity (Wildman–Crippen MR) is 128 cm³/mol. The number of alkyl halides is 2. The molecule has 0 spiro atoms. The van der Waals surface area contributed by atoms with E-state index in [-0.39, 0.29) is 24.5 Å². The molecule has 1 aliphatic heterocycles. The lowest BCUT2D eigenvalue weighted by Crippen LogP contribution is -2.48. The number of halogens is 3. The number of nitrogens with zero attached hydrogens (tertiary/aromatic N) is 3. The number of likely N-dealkylation sites (tertiary alicyclic amines) is 1. The van der Waals surface area contributed by atoms with E-state index in [1.807, 2.05) is 36.4 Å². The molecule has 0 bridgehead atoms. The summed E-state index contributed by atoms with van der Waals surface area (Å²) >= 11 is 5.99. The topological polar surface area (TPSA) is 74.1 Å². The van der Waals surface area contributed by atoms with Crippen molar-refractivity contribution in [1.82, 2.24) is 9.88 Å². The number of carbonyl (C=O) groups is 2. The van der Waals surface area contributed by atoms with E-state index in [0.717, 1.165) is 16.0 Å². The Hall–Kier alpha value is -3.37. The second-order valence-electron chi connectivity index (χ2n) is 9.34. The van der Waals surface area contributed by atoms with Crippen LogP contribution in [0.4, 0.5) is 8.78 Å². The Morgan fingerprint density at radius 2 is 1.80 bits per heavy atom. The van der Waals surface area contributed by atoms with Crippen LogP contribution in [-0.2, 0) is 4.79 Å². The largest absolute Gasteiger partial charge is 0.317 e. The minimum Gasteiger partial charge on any atom is -0.317 e. The second kappa shape index (κ2) is 8.69. The molecule has 35 heavy (non-hydrogen) atoms.